The van der Waals surface area contributed by atoms with Crippen molar-refractivity contribution in [3.63, 3.8) is 0 Å². The van der Waals surface area contributed by atoms with Gasteiger partial charge in [0.05, 0.1) is 18.1 Å². The zero-order valence-corrected chi connectivity index (χ0v) is 18.5. The number of sulfonamides is 1. The highest BCUT2D eigenvalue weighted by atomic mass is 32.2. The first kappa shape index (κ1) is 21.4. The Kier molecular flexibility index (Phi) is 6.53. The number of nitrogens with one attached hydrogen (secondary N) is 1. The van der Waals surface area contributed by atoms with E-state index < -0.39 is 10.0 Å². The highest BCUT2D eigenvalue weighted by Gasteiger charge is 2.39. The minimum atomic E-state index is -3.72. The van der Waals surface area contributed by atoms with Crippen molar-refractivity contribution in [3.8, 4) is 11.5 Å². The number of carbonyl (C=O) groups excluding carboxylic acids is 1. The Morgan fingerprint density at radius 2 is 1.87 bits per heavy atom. The maximum atomic E-state index is 12.9. The van der Waals surface area contributed by atoms with E-state index in [0.29, 0.717) is 42.6 Å². The molecule has 2 fully saturated rings. The van der Waals surface area contributed by atoms with E-state index in [1.165, 1.54) is 31.4 Å². The fourth-order valence-corrected chi connectivity index (χ4v) is 6.10. The molecule has 1 saturated heterocycles. The summed E-state index contributed by atoms with van der Waals surface area (Å²) in [5.74, 6) is 2.31. The van der Waals surface area contributed by atoms with Crippen LogP contribution in [0.1, 0.15) is 51.9 Å². The van der Waals surface area contributed by atoms with Gasteiger partial charge in [-0.05, 0) is 43.2 Å². The van der Waals surface area contributed by atoms with Gasteiger partial charge in [0.2, 0.25) is 15.9 Å². The van der Waals surface area contributed by atoms with Gasteiger partial charge in [0.15, 0.2) is 11.5 Å². The first-order chi connectivity index (χ1) is 14.5. The largest absolute Gasteiger partial charge is 0.490 e. The van der Waals surface area contributed by atoms with E-state index in [0.717, 1.165) is 25.8 Å². The standard InChI is InChI=1S/C22H32N2O5S/c1-16-10-12-24(19-6-3-2-5-18(16)19)22(25)9-11-23-30(26,27)17-7-8-20-21(15-17)29-14-4-13-28-20/h7-8,15-16,18-19,23H,2-6,9-14H2,1H3. The third kappa shape index (κ3) is 4.59. The third-order valence-corrected chi connectivity index (χ3v) is 8.18. The number of nitrogens with zero attached hydrogens (tertiary/aromatic N) is 1. The van der Waals surface area contributed by atoms with Gasteiger partial charge in [-0.1, -0.05) is 19.8 Å². The van der Waals surface area contributed by atoms with E-state index in [-0.39, 0.29) is 23.8 Å². The number of fused-ring (bicyclic) bond motifs is 2. The second-order valence-corrected chi connectivity index (χ2v) is 10.4. The van der Waals surface area contributed by atoms with Crippen molar-refractivity contribution in [2.24, 2.45) is 11.8 Å². The second-order valence-electron chi connectivity index (χ2n) is 8.68. The number of hydrogen-bond donors (Lipinski definition) is 1. The molecule has 7 nitrogen and oxygen atoms in total. The summed E-state index contributed by atoms with van der Waals surface area (Å²) in [6.45, 7) is 4.23. The molecule has 3 atom stereocenters. The van der Waals surface area contributed by atoms with Crippen molar-refractivity contribution in [2.75, 3.05) is 26.3 Å². The summed E-state index contributed by atoms with van der Waals surface area (Å²) in [6, 6.07) is 4.95. The molecule has 0 bridgehead atoms. The Morgan fingerprint density at radius 1 is 1.10 bits per heavy atom. The highest BCUT2D eigenvalue weighted by molar-refractivity contribution is 7.89. The van der Waals surface area contributed by atoms with E-state index >= 15 is 0 Å². The number of rotatable bonds is 5. The molecule has 0 aromatic heterocycles. The highest BCUT2D eigenvalue weighted by Crippen LogP contribution is 2.39. The van der Waals surface area contributed by atoms with Crippen LogP contribution in [-0.2, 0) is 14.8 Å². The first-order valence-electron chi connectivity index (χ1n) is 11.1. The molecule has 3 aliphatic rings. The maximum absolute atomic E-state index is 12.9. The van der Waals surface area contributed by atoms with Crippen LogP contribution in [-0.4, -0.2) is 51.6 Å². The van der Waals surface area contributed by atoms with E-state index in [2.05, 4.69) is 11.6 Å². The summed E-state index contributed by atoms with van der Waals surface area (Å²) in [7, 11) is -3.72. The van der Waals surface area contributed by atoms with Crippen molar-refractivity contribution in [1.29, 1.82) is 0 Å². The summed E-state index contributed by atoms with van der Waals surface area (Å²) in [4.78, 5) is 15.0. The molecular formula is C22H32N2O5S. The molecule has 1 aromatic carbocycles. The van der Waals surface area contributed by atoms with Crippen LogP contribution in [0.4, 0.5) is 0 Å². The monoisotopic (exact) mass is 436 g/mol. The van der Waals surface area contributed by atoms with E-state index in [4.69, 9.17) is 9.47 Å². The molecule has 1 N–H and O–H groups in total. The molecule has 1 aliphatic carbocycles. The summed E-state index contributed by atoms with van der Waals surface area (Å²) in [5, 5.41) is 0. The molecule has 0 spiro atoms. The molecule has 4 rings (SSSR count). The first-order valence-corrected chi connectivity index (χ1v) is 12.6. The summed E-state index contributed by atoms with van der Waals surface area (Å²) >= 11 is 0. The van der Waals surface area contributed by atoms with Gasteiger partial charge in [0, 0.05) is 38.0 Å². The predicted molar refractivity (Wildman–Crippen MR) is 113 cm³/mol. The molecule has 1 amide bonds. The number of ether oxygens (including phenoxy) is 2. The quantitative estimate of drug-likeness (QED) is 0.767. The van der Waals surface area contributed by atoms with Gasteiger partial charge in [0.25, 0.3) is 0 Å². The van der Waals surface area contributed by atoms with Crippen molar-refractivity contribution in [3.05, 3.63) is 18.2 Å². The lowest BCUT2D eigenvalue weighted by Crippen LogP contribution is -2.52. The smallest absolute Gasteiger partial charge is 0.240 e. The molecule has 3 unspecified atom stereocenters. The third-order valence-electron chi connectivity index (χ3n) is 6.72. The van der Waals surface area contributed by atoms with Gasteiger partial charge in [-0.3, -0.25) is 4.79 Å². The number of hydrogen-bond acceptors (Lipinski definition) is 5. The fourth-order valence-electron chi connectivity index (χ4n) is 5.05. The minimum Gasteiger partial charge on any atom is -0.490 e. The average molecular weight is 437 g/mol. The predicted octanol–water partition coefficient (Wildman–Crippen LogP) is 2.94. The Balaban J connectivity index is 1.35. The van der Waals surface area contributed by atoms with Crippen LogP contribution < -0.4 is 14.2 Å². The van der Waals surface area contributed by atoms with Crippen LogP contribution in [0.5, 0.6) is 11.5 Å². The number of piperidine rings is 1. The summed E-state index contributed by atoms with van der Waals surface area (Å²) < 4.78 is 39.1. The topological polar surface area (TPSA) is 84.9 Å². The SMILES string of the molecule is CC1CCN(C(=O)CCNS(=O)(=O)c2ccc3c(c2)OCCCO3)C2CCCCC12. The van der Waals surface area contributed by atoms with Crippen LogP contribution in [0.25, 0.3) is 0 Å². The fraction of sp³-hybridized carbons (Fsp3) is 0.682. The van der Waals surface area contributed by atoms with Crippen molar-refractivity contribution in [1.82, 2.24) is 9.62 Å². The number of carbonyl (C=O) groups is 1. The van der Waals surface area contributed by atoms with Gasteiger partial charge in [-0.25, -0.2) is 13.1 Å². The normalized spacial score (nSPS) is 26.6. The van der Waals surface area contributed by atoms with Crippen LogP contribution in [0.2, 0.25) is 0 Å². The van der Waals surface area contributed by atoms with Crippen LogP contribution >= 0.6 is 0 Å². The molecular weight excluding hydrogens is 404 g/mol. The summed E-state index contributed by atoms with van der Waals surface area (Å²) in [6.07, 6.45) is 6.68. The molecule has 2 heterocycles. The van der Waals surface area contributed by atoms with E-state index in [9.17, 15) is 13.2 Å². The van der Waals surface area contributed by atoms with Crippen LogP contribution in [0.3, 0.4) is 0 Å². The van der Waals surface area contributed by atoms with Crippen molar-refractivity contribution >= 4 is 15.9 Å². The lowest BCUT2D eigenvalue weighted by atomic mass is 9.72. The van der Waals surface area contributed by atoms with Crippen LogP contribution in [0, 0.1) is 11.8 Å². The Labute approximate surface area is 179 Å². The molecule has 1 saturated carbocycles. The number of benzene rings is 1. The van der Waals surface area contributed by atoms with E-state index in [1.807, 2.05) is 4.90 Å². The molecule has 0 radical (unpaired) electrons. The van der Waals surface area contributed by atoms with Crippen molar-refractivity contribution < 1.29 is 22.7 Å². The molecule has 166 valence electrons. The molecule has 8 heteroatoms. The number of amides is 1. The van der Waals surface area contributed by atoms with E-state index in [1.54, 1.807) is 6.07 Å². The Hall–Kier alpha value is -1.80. The average Bonchev–Trinajstić information content (AvgIpc) is 2.99. The zero-order valence-electron chi connectivity index (χ0n) is 17.6. The Morgan fingerprint density at radius 3 is 2.70 bits per heavy atom. The molecule has 1 aromatic rings. The van der Waals surface area contributed by atoms with Gasteiger partial charge in [-0.15, -0.1) is 0 Å². The van der Waals surface area contributed by atoms with Gasteiger partial charge >= 0.3 is 0 Å². The Bertz CT molecular complexity index is 872. The molecule has 30 heavy (non-hydrogen) atoms. The van der Waals surface area contributed by atoms with Crippen molar-refractivity contribution in [2.45, 2.75) is 62.8 Å². The second kappa shape index (κ2) is 9.14. The molecule has 2 aliphatic heterocycles. The zero-order chi connectivity index (χ0) is 21.1. The lowest BCUT2D eigenvalue weighted by Gasteiger charge is -2.47. The number of likely N-dealkylation sites (tertiary alicyclic amines) is 1. The van der Waals surface area contributed by atoms with Gasteiger partial charge in [0.1, 0.15) is 0 Å². The summed E-state index contributed by atoms with van der Waals surface area (Å²) in [5.41, 5.74) is 0. The lowest BCUT2D eigenvalue weighted by molar-refractivity contribution is -0.138. The maximum Gasteiger partial charge on any atom is 0.240 e. The van der Waals surface area contributed by atoms with Gasteiger partial charge in [-0.2, -0.15) is 0 Å². The minimum absolute atomic E-state index is 0.0557. The van der Waals surface area contributed by atoms with Gasteiger partial charge < -0.3 is 14.4 Å². The van der Waals surface area contributed by atoms with Crippen LogP contribution in [0.15, 0.2) is 23.1 Å².